The van der Waals surface area contributed by atoms with Crippen molar-refractivity contribution in [2.45, 2.75) is 26.3 Å². The number of hydrogen-bond acceptors (Lipinski definition) is 3. The molecule has 0 saturated heterocycles. The van der Waals surface area contributed by atoms with Crippen molar-refractivity contribution in [3.8, 4) is 5.75 Å². The van der Waals surface area contributed by atoms with Crippen molar-refractivity contribution in [3.05, 3.63) is 28.8 Å². The molecule has 19 heavy (non-hydrogen) atoms. The van der Waals surface area contributed by atoms with Gasteiger partial charge in [0.15, 0.2) is 0 Å². The lowest BCUT2D eigenvalue weighted by molar-refractivity contribution is -0.138. The topological polar surface area (TPSA) is 77.8 Å². The van der Waals surface area contributed by atoms with E-state index in [0.29, 0.717) is 11.6 Å². The van der Waals surface area contributed by atoms with Crippen LogP contribution in [0.2, 0.25) is 5.02 Å². The van der Waals surface area contributed by atoms with Gasteiger partial charge >= 0.3 is 5.97 Å². The molecule has 1 aromatic rings. The van der Waals surface area contributed by atoms with Crippen molar-refractivity contribution in [1.82, 2.24) is 4.90 Å². The molecule has 0 saturated carbocycles. The smallest absolute Gasteiger partial charge is 0.305 e. The van der Waals surface area contributed by atoms with E-state index in [2.05, 4.69) is 0 Å². The van der Waals surface area contributed by atoms with Crippen molar-refractivity contribution in [1.29, 1.82) is 0 Å². The number of aliphatic carboxylic acids is 1. The minimum atomic E-state index is -0.978. The predicted molar refractivity (Wildman–Crippen MR) is 71.5 cm³/mol. The van der Waals surface area contributed by atoms with Crippen LogP contribution >= 0.6 is 11.6 Å². The number of carboxylic acid groups (broad SMARTS) is 1. The van der Waals surface area contributed by atoms with Crippen LogP contribution in [0, 0.1) is 0 Å². The van der Waals surface area contributed by atoms with Gasteiger partial charge in [0, 0.05) is 17.6 Å². The average molecular weight is 286 g/mol. The lowest BCUT2D eigenvalue weighted by atomic mass is 10.1. The zero-order valence-electron chi connectivity index (χ0n) is 10.8. The van der Waals surface area contributed by atoms with Crippen molar-refractivity contribution >= 4 is 23.5 Å². The number of amides is 1. The third kappa shape index (κ3) is 3.86. The van der Waals surface area contributed by atoms with Gasteiger partial charge < -0.3 is 15.1 Å². The molecule has 0 aromatic heterocycles. The second-order valence-corrected chi connectivity index (χ2v) is 4.64. The van der Waals surface area contributed by atoms with Gasteiger partial charge in [-0.3, -0.25) is 9.59 Å². The fourth-order valence-corrected chi connectivity index (χ4v) is 2.02. The van der Waals surface area contributed by atoms with E-state index >= 15 is 0 Å². The second-order valence-electron chi connectivity index (χ2n) is 4.20. The zero-order valence-corrected chi connectivity index (χ0v) is 11.5. The van der Waals surface area contributed by atoms with Gasteiger partial charge in [-0.05, 0) is 32.0 Å². The zero-order chi connectivity index (χ0) is 14.6. The Morgan fingerprint density at radius 1 is 1.42 bits per heavy atom. The molecule has 1 atom stereocenters. The van der Waals surface area contributed by atoms with E-state index in [1.165, 1.54) is 23.1 Å². The van der Waals surface area contributed by atoms with Crippen molar-refractivity contribution < 1.29 is 19.8 Å². The highest BCUT2D eigenvalue weighted by molar-refractivity contribution is 6.31. The number of hydrogen-bond donors (Lipinski definition) is 2. The van der Waals surface area contributed by atoms with Gasteiger partial charge in [-0.15, -0.1) is 0 Å². The van der Waals surface area contributed by atoms with Gasteiger partial charge in [0.25, 0.3) is 5.91 Å². The molecule has 0 spiro atoms. The van der Waals surface area contributed by atoms with Crippen molar-refractivity contribution in [2.24, 2.45) is 0 Å². The maximum Gasteiger partial charge on any atom is 0.305 e. The van der Waals surface area contributed by atoms with E-state index in [0.717, 1.165) is 0 Å². The number of halogens is 1. The summed E-state index contributed by atoms with van der Waals surface area (Å²) in [6, 6.07) is 3.72. The molecule has 0 aliphatic carbocycles. The van der Waals surface area contributed by atoms with Crippen molar-refractivity contribution in [3.63, 3.8) is 0 Å². The van der Waals surface area contributed by atoms with Crippen LogP contribution in [0.15, 0.2) is 18.2 Å². The van der Waals surface area contributed by atoms with Crippen LogP contribution in [0.5, 0.6) is 5.75 Å². The Balaban J connectivity index is 3.01. The van der Waals surface area contributed by atoms with Crippen LogP contribution in [-0.4, -0.2) is 39.6 Å². The summed E-state index contributed by atoms with van der Waals surface area (Å²) in [6.45, 7) is 3.74. The second kappa shape index (κ2) is 6.43. The molecule has 1 rings (SSSR count). The molecule has 1 unspecified atom stereocenters. The van der Waals surface area contributed by atoms with E-state index in [1.807, 2.05) is 0 Å². The van der Waals surface area contributed by atoms with Gasteiger partial charge in [0.1, 0.15) is 5.75 Å². The Morgan fingerprint density at radius 3 is 2.58 bits per heavy atom. The summed E-state index contributed by atoms with van der Waals surface area (Å²) in [7, 11) is 0. The van der Waals surface area contributed by atoms with E-state index in [4.69, 9.17) is 16.7 Å². The molecule has 1 amide bonds. The van der Waals surface area contributed by atoms with Crippen LogP contribution in [0.1, 0.15) is 30.6 Å². The molecule has 0 aliphatic rings. The summed E-state index contributed by atoms with van der Waals surface area (Å²) in [4.78, 5) is 24.4. The highest BCUT2D eigenvalue weighted by atomic mass is 35.5. The van der Waals surface area contributed by atoms with Crippen molar-refractivity contribution in [2.75, 3.05) is 6.54 Å². The van der Waals surface area contributed by atoms with Crippen LogP contribution in [0.3, 0.4) is 0 Å². The first kappa shape index (κ1) is 15.3. The number of carbonyl (C=O) groups is 2. The molecule has 1 aromatic carbocycles. The number of carbonyl (C=O) groups excluding carboxylic acids is 1. The molecule has 6 heteroatoms. The van der Waals surface area contributed by atoms with Crippen LogP contribution in [-0.2, 0) is 4.79 Å². The molecule has 0 aliphatic heterocycles. The highest BCUT2D eigenvalue weighted by Crippen LogP contribution is 2.24. The van der Waals surface area contributed by atoms with E-state index in [1.54, 1.807) is 13.8 Å². The summed E-state index contributed by atoms with van der Waals surface area (Å²) in [5.74, 6) is -1.58. The number of carboxylic acids is 1. The quantitative estimate of drug-likeness (QED) is 0.870. The molecular formula is C13H16ClNO4. The summed E-state index contributed by atoms with van der Waals surface area (Å²) < 4.78 is 0. The number of benzene rings is 1. The van der Waals surface area contributed by atoms with Crippen LogP contribution < -0.4 is 0 Å². The van der Waals surface area contributed by atoms with Gasteiger partial charge in [-0.25, -0.2) is 0 Å². The highest BCUT2D eigenvalue weighted by Gasteiger charge is 2.24. The SMILES string of the molecule is CCN(C(=O)c1cc(Cl)ccc1O)C(C)CC(=O)O. The van der Waals surface area contributed by atoms with E-state index in [9.17, 15) is 14.7 Å². The maximum absolute atomic E-state index is 12.3. The van der Waals surface area contributed by atoms with Gasteiger partial charge in [-0.1, -0.05) is 11.6 Å². The molecule has 5 nitrogen and oxygen atoms in total. The third-order valence-corrected chi connectivity index (χ3v) is 3.03. The van der Waals surface area contributed by atoms with Gasteiger partial charge in [0.05, 0.1) is 12.0 Å². The average Bonchev–Trinajstić information content (AvgIpc) is 2.32. The summed E-state index contributed by atoms with van der Waals surface area (Å²) in [5, 5.41) is 18.8. The predicted octanol–water partition coefficient (Wildman–Crippen LogP) is 2.37. The fraction of sp³-hybridized carbons (Fsp3) is 0.385. The standard InChI is InChI=1S/C13H16ClNO4/c1-3-15(8(2)6-12(17)18)13(19)10-7-9(14)4-5-11(10)16/h4-5,7-8,16H,3,6H2,1-2H3,(H,17,18). The minimum Gasteiger partial charge on any atom is -0.507 e. The molecule has 0 bridgehead atoms. The molecule has 0 radical (unpaired) electrons. The first-order chi connectivity index (χ1) is 8.86. The molecule has 2 N–H and O–H groups in total. The monoisotopic (exact) mass is 285 g/mol. The number of phenolic OH excluding ortho intramolecular Hbond substituents is 1. The maximum atomic E-state index is 12.3. The molecule has 0 fully saturated rings. The third-order valence-electron chi connectivity index (χ3n) is 2.79. The first-order valence-corrected chi connectivity index (χ1v) is 6.25. The van der Waals surface area contributed by atoms with Crippen LogP contribution in [0.25, 0.3) is 0 Å². The molecular weight excluding hydrogens is 270 g/mol. The Bertz CT molecular complexity index is 490. The number of nitrogens with zero attached hydrogens (tertiary/aromatic N) is 1. The van der Waals surface area contributed by atoms with Gasteiger partial charge in [0.2, 0.25) is 0 Å². The largest absolute Gasteiger partial charge is 0.507 e. The van der Waals surface area contributed by atoms with E-state index < -0.39 is 17.9 Å². The normalized spacial score (nSPS) is 11.9. The minimum absolute atomic E-state index is 0.0755. The summed E-state index contributed by atoms with van der Waals surface area (Å²) >= 11 is 5.80. The number of rotatable bonds is 5. The Morgan fingerprint density at radius 2 is 2.05 bits per heavy atom. The summed E-state index contributed by atoms with van der Waals surface area (Å²) in [6.07, 6.45) is -0.152. The van der Waals surface area contributed by atoms with E-state index in [-0.39, 0.29) is 17.7 Å². The first-order valence-electron chi connectivity index (χ1n) is 5.88. The molecule has 104 valence electrons. The van der Waals surface area contributed by atoms with Crippen LogP contribution in [0.4, 0.5) is 0 Å². The fourth-order valence-electron chi connectivity index (χ4n) is 1.85. The number of phenols is 1. The lowest BCUT2D eigenvalue weighted by Crippen LogP contribution is -2.39. The Labute approximate surface area is 116 Å². The van der Waals surface area contributed by atoms with Gasteiger partial charge in [-0.2, -0.15) is 0 Å². The summed E-state index contributed by atoms with van der Waals surface area (Å²) in [5.41, 5.74) is 0.0755. The number of aromatic hydroxyl groups is 1. The Kier molecular flexibility index (Phi) is 5.18. The lowest BCUT2D eigenvalue weighted by Gasteiger charge is -2.27. The Hall–Kier alpha value is -1.75. The molecule has 0 heterocycles.